The number of thioether (sulfide) groups is 1. The number of pyridine rings is 1. The number of carboxylic acid groups (broad SMARTS) is 1. The largest absolute Gasteiger partial charge is 0.478 e. The van der Waals surface area contributed by atoms with Crippen molar-refractivity contribution in [3.8, 4) is 11.8 Å². The zero-order valence-corrected chi connectivity index (χ0v) is 10.9. The highest BCUT2D eigenvalue weighted by atomic mass is 32.2. The second kappa shape index (κ2) is 6.62. The monoisotopic (exact) mass is 269 g/mol. The van der Waals surface area contributed by atoms with Crippen LogP contribution in [0.1, 0.15) is 15.9 Å². The Morgan fingerprint density at radius 1 is 1.26 bits per heavy atom. The van der Waals surface area contributed by atoms with Crippen molar-refractivity contribution in [3.05, 3.63) is 59.8 Å². The molecule has 0 fully saturated rings. The third-order valence-corrected chi connectivity index (χ3v) is 3.09. The summed E-state index contributed by atoms with van der Waals surface area (Å²) in [5.41, 5.74) is 1.21. The number of hydrogen-bond donors (Lipinski definition) is 1. The van der Waals surface area contributed by atoms with E-state index < -0.39 is 5.97 Å². The highest BCUT2D eigenvalue weighted by molar-refractivity contribution is 7.99. The van der Waals surface area contributed by atoms with Crippen LogP contribution in [0.5, 0.6) is 0 Å². The van der Waals surface area contributed by atoms with E-state index in [-0.39, 0.29) is 5.56 Å². The summed E-state index contributed by atoms with van der Waals surface area (Å²) in [6, 6.07) is 12.7. The fourth-order valence-electron chi connectivity index (χ4n) is 1.39. The molecule has 0 atom stereocenters. The Kier molecular flexibility index (Phi) is 4.60. The first-order valence-corrected chi connectivity index (χ1v) is 6.60. The summed E-state index contributed by atoms with van der Waals surface area (Å²) >= 11 is 1.42. The molecule has 94 valence electrons. The first kappa shape index (κ1) is 13.2. The van der Waals surface area contributed by atoms with E-state index >= 15 is 0 Å². The van der Waals surface area contributed by atoms with E-state index in [1.807, 2.05) is 30.3 Å². The summed E-state index contributed by atoms with van der Waals surface area (Å²) in [5, 5.41) is 9.53. The number of hydrogen-bond acceptors (Lipinski definition) is 3. The molecule has 1 aromatic heterocycles. The van der Waals surface area contributed by atoms with Crippen LogP contribution in [0.4, 0.5) is 0 Å². The lowest BCUT2D eigenvalue weighted by Crippen LogP contribution is -1.96. The van der Waals surface area contributed by atoms with Gasteiger partial charge in [0.15, 0.2) is 0 Å². The van der Waals surface area contributed by atoms with Gasteiger partial charge in [0.2, 0.25) is 0 Å². The summed E-state index contributed by atoms with van der Waals surface area (Å²) in [5.74, 6) is 5.69. The lowest BCUT2D eigenvalue weighted by atomic mass is 10.2. The Hall–Kier alpha value is -2.25. The summed E-state index contributed by atoms with van der Waals surface area (Å²) in [6.07, 6.45) is 1.50. The van der Waals surface area contributed by atoms with E-state index in [4.69, 9.17) is 5.11 Å². The number of rotatable bonds is 3. The van der Waals surface area contributed by atoms with E-state index in [0.29, 0.717) is 10.8 Å². The molecule has 0 spiro atoms. The van der Waals surface area contributed by atoms with Crippen molar-refractivity contribution in [2.45, 2.75) is 5.03 Å². The van der Waals surface area contributed by atoms with Crippen LogP contribution < -0.4 is 0 Å². The van der Waals surface area contributed by atoms with Gasteiger partial charge in [0.05, 0.1) is 16.3 Å². The molecule has 1 heterocycles. The van der Waals surface area contributed by atoms with Crippen LogP contribution in [0.2, 0.25) is 0 Å². The topological polar surface area (TPSA) is 50.2 Å². The molecule has 0 aliphatic carbocycles. The molecule has 1 aromatic carbocycles. The molecular formula is C15H11NO2S. The van der Waals surface area contributed by atoms with Gasteiger partial charge in [-0.25, -0.2) is 9.78 Å². The maximum Gasteiger partial charge on any atom is 0.335 e. The number of carboxylic acids is 1. The van der Waals surface area contributed by atoms with Gasteiger partial charge in [-0.15, -0.1) is 0 Å². The zero-order chi connectivity index (χ0) is 13.5. The molecule has 0 aliphatic heterocycles. The van der Waals surface area contributed by atoms with E-state index in [1.165, 1.54) is 24.0 Å². The third-order valence-electron chi connectivity index (χ3n) is 2.28. The first-order valence-electron chi connectivity index (χ1n) is 5.62. The van der Waals surface area contributed by atoms with Crippen LogP contribution in [0, 0.1) is 11.8 Å². The van der Waals surface area contributed by atoms with Gasteiger partial charge in [-0.2, -0.15) is 0 Å². The van der Waals surface area contributed by atoms with Crippen LogP contribution in [-0.2, 0) is 0 Å². The quantitative estimate of drug-likeness (QED) is 0.687. The average Bonchev–Trinajstić information content (AvgIpc) is 2.45. The van der Waals surface area contributed by atoms with Crippen LogP contribution in [-0.4, -0.2) is 21.8 Å². The maximum absolute atomic E-state index is 10.8. The molecule has 0 radical (unpaired) electrons. The van der Waals surface area contributed by atoms with Crippen molar-refractivity contribution in [3.63, 3.8) is 0 Å². The molecule has 19 heavy (non-hydrogen) atoms. The summed E-state index contributed by atoms with van der Waals surface area (Å²) in [4.78, 5) is 14.9. The molecule has 0 bridgehead atoms. The van der Waals surface area contributed by atoms with Crippen molar-refractivity contribution in [2.75, 3.05) is 5.75 Å². The average molecular weight is 269 g/mol. The predicted molar refractivity (Wildman–Crippen MR) is 75.2 cm³/mol. The fraction of sp³-hybridized carbons (Fsp3) is 0.0667. The van der Waals surface area contributed by atoms with Crippen molar-refractivity contribution >= 4 is 17.7 Å². The lowest BCUT2D eigenvalue weighted by molar-refractivity contribution is 0.0696. The minimum atomic E-state index is -0.945. The Balaban J connectivity index is 1.95. The molecule has 0 amide bonds. The SMILES string of the molecule is O=C(O)c1ccnc(SCC#Cc2ccccc2)c1. The highest BCUT2D eigenvalue weighted by Gasteiger charge is 2.03. The van der Waals surface area contributed by atoms with Crippen molar-refractivity contribution in [1.29, 1.82) is 0 Å². The Morgan fingerprint density at radius 3 is 2.79 bits per heavy atom. The lowest BCUT2D eigenvalue weighted by Gasteiger charge is -1.98. The van der Waals surface area contributed by atoms with Crippen molar-refractivity contribution in [1.82, 2.24) is 4.98 Å². The van der Waals surface area contributed by atoms with Gasteiger partial charge in [0.25, 0.3) is 0 Å². The highest BCUT2D eigenvalue weighted by Crippen LogP contribution is 2.15. The number of aromatic carboxylic acids is 1. The second-order valence-electron chi connectivity index (χ2n) is 3.64. The molecule has 0 saturated carbocycles. The normalized spacial score (nSPS) is 9.47. The Labute approximate surface area is 115 Å². The van der Waals surface area contributed by atoms with E-state index in [1.54, 1.807) is 6.07 Å². The van der Waals surface area contributed by atoms with Gasteiger partial charge in [0, 0.05) is 11.8 Å². The van der Waals surface area contributed by atoms with Gasteiger partial charge >= 0.3 is 5.97 Å². The zero-order valence-electron chi connectivity index (χ0n) is 10.0. The van der Waals surface area contributed by atoms with Gasteiger partial charge in [-0.1, -0.05) is 41.8 Å². The Morgan fingerprint density at radius 2 is 2.05 bits per heavy atom. The van der Waals surface area contributed by atoms with Crippen LogP contribution >= 0.6 is 11.8 Å². The maximum atomic E-state index is 10.8. The number of benzene rings is 1. The van der Waals surface area contributed by atoms with Gasteiger partial charge < -0.3 is 5.11 Å². The summed E-state index contributed by atoms with van der Waals surface area (Å²) in [7, 11) is 0. The molecule has 0 saturated heterocycles. The van der Waals surface area contributed by atoms with Gasteiger partial charge in [0.1, 0.15) is 0 Å². The number of aromatic nitrogens is 1. The molecule has 1 N–H and O–H groups in total. The Bertz CT molecular complexity index is 629. The smallest absolute Gasteiger partial charge is 0.335 e. The van der Waals surface area contributed by atoms with E-state index in [2.05, 4.69) is 16.8 Å². The van der Waals surface area contributed by atoms with Crippen molar-refractivity contribution < 1.29 is 9.90 Å². The van der Waals surface area contributed by atoms with Gasteiger partial charge in [-0.05, 0) is 24.3 Å². The number of carbonyl (C=O) groups is 1. The van der Waals surface area contributed by atoms with Crippen LogP contribution in [0.25, 0.3) is 0 Å². The molecule has 0 aliphatic rings. The predicted octanol–water partition coefficient (Wildman–Crippen LogP) is 2.92. The molecular weight excluding hydrogens is 258 g/mol. The van der Waals surface area contributed by atoms with Crippen LogP contribution in [0.15, 0.2) is 53.7 Å². The standard InChI is InChI=1S/C15H11NO2S/c17-15(18)13-8-9-16-14(11-13)19-10-4-7-12-5-2-1-3-6-12/h1-3,5-6,8-9,11H,10H2,(H,17,18). The van der Waals surface area contributed by atoms with Crippen molar-refractivity contribution in [2.24, 2.45) is 0 Å². The molecule has 2 aromatic rings. The molecule has 3 nitrogen and oxygen atoms in total. The number of nitrogens with zero attached hydrogens (tertiary/aromatic N) is 1. The second-order valence-corrected chi connectivity index (χ2v) is 4.64. The third kappa shape index (κ3) is 4.16. The minimum Gasteiger partial charge on any atom is -0.478 e. The molecule has 4 heteroatoms. The van der Waals surface area contributed by atoms with Crippen LogP contribution in [0.3, 0.4) is 0 Å². The van der Waals surface area contributed by atoms with Gasteiger partial charge in [-0.3, -0.25) is 0 Å². The fourth-order valence-corrected chi connectivity index (χ4v) is 2.03. The summed E-state index contributed by atoms with van der Waals surface area (Å²) in [6.45, 7) is 0. The minimum absolute atomic E-state index is 0.244. The molecule has 2 rings (SSSR count). The van der Waals surface area contributed by atoms with E-state index in [0.717, 1.165) is 5.56 Å². The molecule has 0 unspecified atom stereocenters. The van der Waals surface area contributed by atoms with E-state index in [9.17, 15) is 4.79 Å². The summed E-state index contributed by atoms with van der Waals surface area (Å²) < 4.78 is 0. The first-order chi connectivity index (χ1) is 9.25.